The van der Waals surface area contributed by atoms with Gasteiger partial charge in [-0.1, -0.05) is 117 Å². The van der Waals surface area contributed by atoms with Gasteiger partial charge in [0.1, 0.15) is 0 Å². The first-order valence-electron chi connectivity index (χ1n) is 12.8. The Morgan fingerprint density at radius 2 is 0.931 bits per heavy atom. The first kappa shape index (κ1) is 29.3. The number of hydrogen-bond acceptors (Lipinski definition) is 4. The van der Waals surface area contributed by atoms with Crippen LogP contribution in [0.3, 0.4) is 0 Å². The second-order valence-electron chi connectivity index (χ2n) is 8.31. The highest BCUT2D eigenvalue weighted by Crippen LogP contribution is 2.32. The topological polar surface area (TPSA) is 50.7 Å². The average Bonchev–Trinajstić information content (AvgIpc) is 2.73. The van der Waals surface area contributed by atoms with Gasteiger partial charge in [0.15, 0.2) is 0 Å². The molecule has 0 fully saturated rings. The summed E-state index contributed by atoms with van der Waals surface area (Å²) in [5, 5.41) is 3.29. The summed E-state index contributed by atoms with van der Waals surface area (Å²) in [4.78, 5) is 9.67. The normalized spacial score (nSPS) is 12.5. The molecule has 0 heterocycles. The Morgan fingerprint density at radius 1 is 0.517 bits per heavy atom. The molecule has 2 N–H and O–H groups in total. The van der Waals surface area contributed by atoms with Gasteiger partial charge in [0, 0.05) is 6.54 Å². The molecule has 0 aliphatic carbocycles. The Labute approximate surface area is 183 Å². The van der Waals surface area contributed by atoms with E-state index in [0.29, 0.717) is 13.2 Å². The van der Waals surface area contributed by atoms with Crippen molar-refractivity contribution in [3.63, 3.8) is 0 Å². The molecule has 0 aromatic carbocycles. The maximum Gasteiger partial charge on any atom is 0.329 e. The Morgan fingerprint density at radius 3 is 1.41 bits per heavy atom. The molecule has 0 aliphatic rings. The minimum atomic E-state index is -1.69. The zero-order chi connectivity index (χ0) is 21.3. The summed E-state index contributed by atoms with van der Waals surface area (Å²) in [5.41, 5.74) is 0. The van der Waals surface area contributed by atoms with Crippen LogP contribution in [0.4, 0.5) is 0 Å². The lowest BCUT2D eigenvalue weighted by Crippen LogP contribution is -2.20. The molecule has 4 nitrogen and oxygen atoms in total. The predicted octanol–water partition coefficient (Wildman–Crippen LogP) is 7.89. The maximum absolute atomic E-state index is 9.67. The van der Waals surface area contributed by atoms with E-state index in [0.717, 1.165) is 19.5 Å². The molecule has 0 radical (unpaired) electrons. The SMILES string of the molecule is CCCCCCCCCCCCCCCCCCOP(O)OCCNCCCC. The molecule has 0 saturated heterocycles. The van der Waals surface area contributed by atoms with E-state index in [9.17, 15) is 4.89 Å². The van der Waals surface area contributed by atoms with Crippen LogP contribution in [-0.2, 0) is 9.05 Å². The third-order valence-corrected chi connectivity index (χ3v) is 6.19. The lowest BCUT2D eigenvalue weighted by Gasteiger charge is -2.11. The van der Waals surface area contributed by atoms with E-state index in [1.807, 2.05) is 0 Å². The summed E-state index contributed by atoms with van der Waals surface area (Å²) in [6.07, 6.45) is 24.3. The molecule has 1 atom stereocenters. The van der Waals surface area contributed by atoms with Gasteiger partial charge < -0.3 is 19.3 Å². The summed E-state index contributed by atoms with van der Waals surface area (Å²) in [6.45, 7) is 7.39. The fourth-order valence-electron chi connectivity index (χ4n) is 3.45. The van der Waals surface area contributed by atoms with Crippen molar-refractivity contribution in [2.45, 2.75) is 129 Å². The zero-order valence-corrected chi connectivity index (χ0v) is 20.7. The van der Waals surface area contributed by atoms with Gasteiger partial charge in [0.25, 0.3) is 0 Å². The highest BCUT2D eigenvalue weighted by atomic mass is 31.2. The highest BCUT2D eigenvalue weighted by molar-refractivity contribution is 7.40. The highest BCUT2D eigenvalue weighted by Gasteiger charge is 2.05. The number of rotatable bonds is 25. The van der Waals surface area contributed by atoms with Gasteiger partial charge in [-0.15, -0.1) is 0 Å². The first-order chi connectivity index (χ1) is 14.3. The average molecular weight is 434 g/mol. The van der Waals surface area contributed by atoms with Gasteiger partial charge in [-0.05, 0) is 19.4 Å². The molecule has 176 valence electrons. The molecule has 0 bridgehead atoms. The smallest absolute Gasteiger partial charge is 0.328 e. The Bertz CT molecular complexity index is 295. The molecule has 0 aromatic heterocycles. The summed E-state index contributed by atoms with van der Waals surface area (Å²) in [6, 6.07) is 0. The fraction of sp³-hybridized carbons (Fsp3) is 1.00. The first-order valence-corrected chi connectivity index (χ1v) is 13.9. The van der Waals surface area contributed by atoms with E-state index in [1.165, 1.54) is 109 Å². The van der Waals surface area contributed by atoms with Crippen molar-refractivity contribution < 1.29 is 13.9 Å². The molecule has 0 aromatic rings. The molecule has 0 amide bonds. The van der Waals surface area contributed by atoms with Crippen molar-refractivity contribution in [1.82, 2.24) is 5.32 Å². The molecule has 1 unspecified atom stereocenters. The molecule has 5 heteroatoms. The Hall–Kier alpha value is 0.270. The van der Waals surface area contributed by atoms with Crippen LogP contribution >= 0.6 is 8.60 Å². The van der Waals surface area contributed by atoms with Crippen molar-refractivity contribution in [2.75, 3.05) is 26.3 Å². The maximum atomic E-state index is 9.67. The molecular weight excluding hydrogens is 381 g/mol. The van der Waals surface area contributed by atoms with Gasteiger partial charge in [0.2, 0.25) is 0 Å². The largest absolute Gasteiger partial charge is 0.329 e. The van der Waals surface area contributed by atoms with Gasteiger partial charge in [-0.3, -0.25) is 0 Å². The van der Waals surface area contributed by atoms with Crippen LogP contribution in [0.15, 0.2) is 0 Å². The minimum absolute atomic E-state index is 0.519. The Balaban J connectivity index is 3.09. The number of unbranched alkanes of at least 4 members (excludes halogenated alkanes) is 16. The third-order valence-electron chi connectivity index (χ3n) is 5.39. The van der Waals surface area contributed by atoms with E-state index in [-0.39, 0.29) is 0 Å². The molecule has 0 spiro atoms. The van der Waals surface area contributed by atoms with Crippen molar-refractivity contribution >= 4 is 8.60 Å². The second-order valence-corrected chi connectivity index (χ2v) is 9.30. The standard InChI is InChI=1S/C24H52NO3P/c1-3-5-7-8-9-10-11-12-13-14-15-16-17-18-19-20-23-27-29(26)28-24-22-25-21-6-4-2/h25-26H,3-24H2,1-2H3. The minimum Gasteiger partial charge on any atom is -0.328 e. The van der Waals surface area contributed by atoms with Crippen LogP contribution in [0.5, 0.6) is 0 Å². The Kier molecular flexibility index (Phi) is 26.6. The summed E-state index contributed by atoms with van der Waals surface area (Å²) < 4.78 is 10.6. The predicted molar refractivity (Wildman–Crippen MR) is 128 cm³/mol. The van der Waals surface area contributed by atoms with Crippen LogP contribution in [0.25, 0.3) is 0 Å². The molecule has 29 heavy (non-hydrogen) atoms. The fourth-order valence-corrected chi connectivity index (χ4v) is 4.06. The van der Waals surface area contributed by atoms with Gasteiger partial charge >= 0.3 is 8.60 Å². The number of nitrogens with one attached hydrogen (secondary N) is 1. The lowest BCUT2D eigenvalue weighted by atomic mass is 10.0. The molecule has 0 saturated carbocycles. The van der Waals surface area contributed by atoms with Crippen LogP contribution < -0.4 is 5.32 Å². The van der Waals surface area contributed by atoms with E-state index in [2.05, 4.69) is 19.2 Å². The van der Waals surface area contributed by atoms with E-state index >= 15 is 0 Å². The van der Waals surface area contributed by atoms with Crippen molar-refractivity contribution in [3.8, 4) is 0 Å². The summed E-state index contributed by atoms with van der Waals surface area (Å²) >= 11 is 0. The number of hydrogen-bond donors (Lipinski definition) is 2. The molecular formula is C24H52NO3P. The van der Waals surface area contributed by atoms with Crippen LogP contribution in [0, 0.1) is 0 Å². The molecule has 0 aliphatic heterocycles. The van der Waals surface area contributed by atoms with Crippen molar-refractivity contribution in [3.05, 3.63) is 0 Å². The monoisotopic (exact) mass is 433 g/mol. The second kappa shape index (κ2) is 26.3. The van der Waals surface area contributed by atoms with Crippen LogP contribution in [0.2, 0.25) is 0 Å². The zero-order valence-electron chi connectivity index (χ0n) is 19.8. The van der Waals surface area contributed by atoms with E-state index in [4.69, 9.17) is 9.05 Å². The third kappa shape index (κ3) is 26.2. The van der Waals surface area contributed by atoms with Gasteiger partial charge in [0.05, 0.1) is 13.2 Å². The summed E-state index contributed by atoms with van der Waals surface area (Å²) in [7, 11) is -1.69. The van der Waals surface area contributed by atoms with Crippen LogP contribution in [-0.4, -0.2) is 31.2 Å². The lowest BCUT2D eigenvalue weighted by molar-refractivity contribution is 0.197. The van der Waals surface area contributed by atoms with E-state index < -0.39 is 8.60 Å². The van der Waals surface area contributed by atoms with Crippen molar-refractivity contribution in [2.24, 2.45) is 0 Å². The summed E-state index contributed by atoms with van der Waals surface area (Å²) in [5.74, 6) is 0. The quantitative estimate of drug-likeness (QED) is 0.113. The van der Waals surface area contributed by atoms with Gasteiger partial charge in [-0.25, -0.2) is 0 Å². The molecule has 0 rings (SSSR count). The van der Waals surface area contributed by atoms with Crippen molar-refractivity contribution in [1.29, 1.82) is 0 Å². The van der Waals surface area contributed by atoms with Gasteiger partial charge in [-0.2, -0.15) is 0 Å². The van der Waals surface area contributed by atoms with Crippen LogP contribution in [0.1, 0.15) is 129 Å². The van der Waals surface area contributed by atoms with E-state index in [1.54, 1.807) is 0 Å².